The summed E-state index contributed by atoms with van der Waals surface area (Å²) in [6, 6.07) is 2.00. The Balaban J connectivity index is 1.51. The molecule has 0 atom stereocenters. The molecule has 2 aromatic rings. The Bertz CT molecular complexity index is 808. The molecule has 0 aromatic carbocycles. The zero-order chi connectivity index (χ0) is 18.1. The molecule has 0 spiro atoms. The SMILES string of the molecule is Cn1ccc(CC(=O)N2CCc3nc(N)nc(N4CCCC4)c3CC2)c1. The van der Waals surface area contributed by atoms with Crippen LogP contribution in [0.2, 0.25) is 0 Å². The van der Waals surface area contributed by atoms with Crippen LogP contribution < -0.4 is 10.6 Å². The highest BCUT2D eigenvalue weighted by atomic mass is 16.2. The third-order valence-corrected chi connectivity index (χ3v) is 5.35. The van der Waals surface area contributed by atoms with E-state index in [4.69, 9.17) is 5.73 Å². The highest BCUT2D eigenvalue weighted by Crippen LogP contribution is 2.28. The number of fused-ring (bicyclic) bond motifs is 1. The summed E-state index contributed by atoms with van der Waals surface area (Å²) in [6.07, 6.45) is 8.35. The van der Waals surface area contributed by atoms with Crippen molar-refractivity contribution in [3.63, 3.8) is 0 Å². The molecule has 7 nitrogen and oxygen atoms in total. The van der Waals surface area contributed by atoms with Crippen molar-refractivity contribution in [2.75, 3.05) is 36.8 Å². The molecule has 0 unspecified atom stereocenters. The third-order valence-electron chi connectivity index (χ3n) is 5.35. The van der Waals surface area contributed by atoms with Gasteiger partial charge < -0.3 is 20.1 Å². The normalized spacial score (nSPS) is 17.3. The zero-order valence-electron chi connectivity index (χ0n) is 15.3. The largest absolute Gasteiger partial charge is 0.368 e. The van der Waals surface area contributed by atoms with Crippen molar-refractivity contribution in [3.8, 4) is 0 Å². The van der Waals surface area contributed by atoms with E-state index in [1.807, 2.05) is 35.0 Å². The minimum atomic E-state index is 0.174. The number of aryl methyl sites for hydroxylation is 1. The molecule has 7 heteroatoms. The summed E-state index contributed by atoms with van der Waals surface area (Å²) in [5.74, 6) is 1.50. The predicted octanol–water partition coefficient (Wildman–Crippen LogP) is 1.17. The minimum absolute atomic E-state index is 0.174. The number of anilines is 2. The number of hydrogen-bond acceptors (Lipinski definition) is 5. The summed E-state index contributed by atoms with van der Waals surface area (Å²) in [4.78, 5) is 26.0. The number of nitrogens with two attached hydrogens (primary N) is 1. The number of nitrogen functional groups attached to an aromatic ring is 1. The van der Waals surface area contributed by atoms with Gasteiger partial charge in [-0.15, -0.1) is 0 Å². The molecule has 1 saturated heterocycles. The smallest absolute Gasteiger partial charge is 0.227 e. The lowest BCUT2D eigenvalue weighted by Gasteiger charge is -2.22. The Hall–Kier alpha value is -2.57. The number of nitrogens with zero attached hydrogens (tertiary/aromatic N) is 5. The Morgan fingerprint density at radius 3 is 2.65 bits per heavy atom. The lowest BCUT2D eigenvalue weighted by atomic mass is 10.1. The van der Waals surface area contributed by atoms with Crippen LogP contribution in [0.15, 0.2) is 18.5 Å². The first-order valence-corrected chi connectivity index (χ1v) is 9.39. The van der Waals surface area contributed by atoms with E-state index in [-0.39, 0.29) is 5.91 Å². The number of carbonyl (C=O) groups excluding carboxylic acids is 1. The Kier molecular flexibility index (Phi) is 4.53. The maximum atomic E-state index is 12.7. The van der Waals surface area contributed by atoms with Gasteiger partial charge in [0.15, 0.2) is 0 Å². The van der Waals surface area contributed by atoms with Crippen LogP contribution >= 0.6 is 0 Å². The van der Waals surface area contributed by atoms with Crippen molar-refractivity contribution in [2.24, 2.45) is 7.05 Å². The molecule has 26 heavy (non-hydrogen) atoms. The lowest BCUT2D eigenvalue weighted by Crippen LogP contribution is -2.34. The summed E-state index contributed by atoms with van der Waals surface area (Å²) in [5, 5.41) is 0. The minimum Gasteiger partial charge on any atom is -0.368 e. The van der Waals surface area contributed by atoms with Gasteiger partial charge in [0.2, 0.25) is 11.9 Å². The van der Waals surface area contributed by atoms with Crippen LogP contribution in [0.25, 0.3) is 0 Å². The van der Waals surface area contributed by atoms with Gasteiger partial charge in [-0.1, -0.05) is 0 Å². The molecule has 2 aliphatic heterocycles. The fraction of sp³-hybridized carbons (Fsp3) is 0.526. The van der Waals surface area contributed by atoms with Crippen LogP contribution in [0.5, 0.6) is 0 Å². The number of rotatable bonds is 3. The average molecular weight is 354 g/mol. The summed E-state index contributed by atoms with van der Waals surface area (Å²) in [5.41, 5.74) is 9.21. The predicted molar refractivity (Wildman–Crippen MR) is 101 cm³/mol. The van der Waals surface area contributed by atoms with Crippen LogP contribution in [0.1, 0.15) is 29.7 Å². The number of hydrogen-bond donors (Lipinski definition) is 1. The van der Waals surface area contributed by atoms with E-state index in [9.17, 15) is 4.79 Å². The second-order valence-electron chi connectivity index (χ2n) is 7.27. The van der Waals surface area contributed by atoms with Gasteiger partial charge in [0.1, 0.15) is 5.82 Å². The fourth-order valence-electron chi connectivity index (χ4n) is 3.99. The van der Waals surface area contributed by atoms with Crippen molar-refractivity contribution in [1.29, 1.82) is 0 Å². The zero-order valence-corrected chi connectivity index (χ0v) is 15.3. The van der Waals surface area contributed by atoms with E-state index in [1.165, 1.54) is 18.4 Å². The highest BCUT2D eigenvalue weighted by molar-refractivity contribution is 5.79. The number of amides is 1. The number of aromatic nitrogens is 3. The van der Waals surface area contributed by atoms with Crippen LogP contribution in [-0.2, 0) is 31.1 Å². The molecule has 4 heterocycles. The molecule has 1 fully saturated rings. The highest BCUT2D eigenvalue weighted by Gasteiger charge is 2.26. The van der Waals surface area contributed by atoms with Crippen molar-refractivity contribution >= 4 is 17.7 Å². The van der Waals surface area contributed by atoms with E-state index in [0.29, 0.717) is 25.5 Å². The van der Waals surface area contributed by atoms with E-state index in [2.05, 4.69) is 14.9 Å². The molecule has 2 N–H and O–H groups in total. The topological polar surface area (TPSA) is 80.3 Å². The van der Waals surface area contributed by atoms with Gasteiger partial charge in [-0.3, -0.25) is 4.79 Å². The first-order valence-electron chi connectivity index (χ1n) is 9.39. The Morgan fingerprint density at radius 1 is 1.15 bits per heavy atom. The first kappa shape index (κ1) is 16.9. The molecule has 2 aromatic heterocycles. The molecule has 0 aliphatic carbocycles. The van der Waals surface area contributed by atoms with E-state index < -0.39 is 0 Å². The van der Waals surface area contributed by atoms with Crippen molar-refractivity contribution in [2.45, 2.75) is 32.1 Å². The average Bonchev–Trinajstić information content (AvgIpc) is 3.22. The maximum absolute atomic E-state index is 12.7. The summed E-state index contributed by atoms with van der Waals surface area (Å²) >= 11 is 0. The number of carbonyl (C=O) groups is 1. The van der Waals surface area contributed by atoms with Crippen LogP contribution in [0.4, 0.5) is 11.8 Å². The van der Waals surface area contributed by atoms with Gasteiger partial charge in [-0.25, -0.2) is 4.98 Å². The Labute approximate surface area is 153 Å². The van der Waals surface area contributed by atoms with Crippen molar-refractivity contribution in [1.82, 2.24) is 19.4 Å². The van der Waals surface area contributed by atoms with Gasteiger partial charge in [0.25, 0.3) is 0 Å². The Morgan fingerprint density at radius 2 is 1.92 bits per heavy atom. The molecule has 138 valence electrons. The van der Waals surface area contributed by atoms with Gasteiger partial charge in [0.05, 0.1) is 12.1 Å². The van der Waals surface area contributed by atoms with Gasteiger partial charge in [0, 0.05) is 57.6 Å². The van der Waals surface area contributed by atoms with Crippen molar-refractivity contribution < 1.29 is 4.79 Å². The molecule has 0 bridgehead atoms. The third kappa shape index (κ3) is 3.38. The van der Waals surface area contributed by atoms with Crippen LogP contribution in [0.3, 0.4) is 0 Å². The molecule has 1 amide bonds. The molecular weight excluding hydrogens is 328 g/mol. The molecule has 0 radical (unpaired) electrons. The summed E-state index contributed by atoms with van der Waals surface area (Å²) < 4.78 is 1.97. The lowest BCUT2D eigenvalue weighted by molar-refractivity contribution is -0.130. The fourth-order valence-corrected chi connectivity index (χ4v) is 3.99. The van der Waals surface area contributed by atoms with Gasteiger partial charge in [-0.2, -0.15) is 4.98 Å². The molecule has 4 rings (SSSR count). The van der Waals surface area contributed by atoms with Crippen LogP contribution in [0, 0.1) is 0 Å². The molecular formula is C19H26N6O. The second-order valence-corrected chi connectivity index (χ2v) is 7.27. The van der Waals surface area contributed by atoms with Gasteiger partial charge >= 0.3 is 0 Å². The van der Waals surface area contributed by atoms with E-state index >= 15 is 0 Å². The molecule has 0 saturated carbocycles. The standard InChI is InChI=1S/C19H26N6O/c1-23-9-4-14(13-23)12-17(26)24-10-5-15-16(6-11-24)21-19(20)22-18(15)25-7-2-3-8-25/h4,9,13H,2-3,5-8,10-12H2,1H3,(H2,20,21,22). The quantitative estimate of drug-likeness (QED) is 0.895. The monoisotopic (exact) mass is 354 g/mol. The first-order chi connectivity index (χ1) is 12.6. The van der Waals surface area contributed by atoms with E-state index in [1.54, 1.807) is 0 Å². The second kappa shape index (κ2) is 6.97. The summed E-state index contributed by atoms with van der Waals surface area (Å²) in [7, 11) is 1.97. The van der Waals surface area contributed by atoms with E-state index in [0.717, 1.165) is 43.0 Å². The summed E-state index contributed by atoms with van der Waals surface area (Å²) in [6.45, 7) is 3.46. The van der Waals surface area contributed by atoms with Gasteiger partial charge in [-0.05, 0) is 30.9 Å². The molecule has 2 aliphatic rings. The maximum Gasteiger partial charge on any atom is 0.227 e. The van der Waals surface area contributed by atoms with Crippen molar-refractivity contribution in [3.05, 3.63) is 35.3 Å². The van der Waals surface area contributed by atoms with Crippen LogP contribution in [-0.4, -0.2) is 51.5 Å².